The number of nitrogens with zero attached hydrogens (tertiary/aromatic N) is 2. The van der Waals surface area contributed by atoms with E-state index in [0.29, 0.717) is 6.54 Å². The first-order valence-corrected chi connectivity index (χ1v) is 9.52. The van der Waals surface area contributed by atoms with E-state index in [-0.39, 0.29) is 23.6 Å². The normalized spacial score (nSPS) is 14.3. The molecule has 0 spiro atoms. The second-order valence-corrected chi connectivity index (χ2v) is 6.77. The summed E-state index contributed by atoms with van der Waals surface area (Å²) in [6, 6.07) is 14.1. The molecule has 8 heteroatoms. The van der Waals surface area contributed by atoms with Crippen LogP contribution in [0.5, 0.6) is 5.75 Å². The summed E-state index contributed by atoms with van der Waals surface area (Å²) in [6.45, 7) is 4.18. The number of nitrogens with one attached hydrogen (secondary N) is 2. The van der Waals surface area contributed by atoms with Gasteiger partial charge in [-0.15, -0.1) is 0 Å². The van der Waals surface area contributed by atoms with Crippen molar-refractivity contribution in [2.75, 3.05) is 44.7 Å². The van der Waals surface area contributed by atoms with Crippen molar-refractivity contribution in [3.63, 3.8) is 0 Å². The largest absolute Gasteiger partial charge is 0.494 e. The van der Waals surface area contributed by atoms with Crippen molar-refractivity contribution < 1.29 is 18.7 Å². The number of rotatable bonds is 6. The number of hydrogen-bond donors (Lipinski definition) is 2. The van der Waals surface area contributed by atoms with Crippen LogP contribution in [0.2, 0.25) is 0 Å². The van der Waals surface area contributed by atoms with Gasteiger partial charge in [-0.3, -0.25) is 25.3 Å². The molecule has 1 aliphatic rings. The molecular formula is C21H25FN4O3. The Bertz CT molecular complexity index is 839. The van der Waals surface area contributed by atoms with E-state index in [1.54, 1.807) is 0 Å². The molecule has 0 atom stereocenters. The highest BCUT2D eigenvalue weighted by molar-refractivity contribution is 5.95. The van der Waals surface area contributed by atoms with Crippen molar-refractivity contribution in [3.05, 3.63) is 59.9 Å². The number of carbonyl (C=O) groups is 2. The molecule has 2 aromatic carbocycles. The zero-order valence-electron chi connectivity index (χ0n) is 16.4. The summed E-state index contributed by atoms with van der Waals surface area (Å²) >= 11 is 0. The molecule has 29 heavy (non-hydrogen) atoms. The molecule has 154 valence electrons. The lowest BCUT2D eigenvalue weighted by Crippen LogP contribution is -2.48. The zero-order valence-corrected chi connectivity index (χ0v) is 16.4. The van der Waals surface area contributed by atoms with Gasteiger partial charge >= 0.3 is 0 Å². The number of para-hydroxylation sites is 1. The average Bonchev–Trinajstić information content (AvgIpc) is 2.77. The van der Waals surface area contributed by atoms with Crippen LogP contribution in [0, 0.1) is 5.82 Å². The third-order valence-corrected chi connectivity index (χ3v) is 4.88. The van der Waals surface area contributed by atoms with Crippen LogP contribution in [0.1, 0.15) is 16.8 Å². The summed E-state index contributed by atoms with van der Waals surface area (Å²) < 4.78 is 18.5. The lowest BCUT2D eigenvalue weighted by atomic mass is 10.2. The molecule has 2 N–H and O–H groups in total. The van der Waals surface area contributed by atoms with E-state index in [9.17, 15) is 14.0 Å². The standard InChI is InChI=1S/C21H25FN4O3/c1-29-19-8-7-16(15-18(19)22)21(28)24-23-20(27)9-10-25-11-13-26(14-12-25)17-5-3-2-4-6-17/h2-8,15H,9-14H2,1H3,(H,23,27)(H,24,28). The summed E-state index contributed by atoms with van der Waals surface area (Å²) in [4.78, 5) is 28.6. The molecule has 7 nitrogen and oxygen atoms in total. The number of amides is 2. The van der Waals surface area contributed by atoms with E-state index in [1.165, 1.54) is 24.9 Å². The highest BCUT2D eigenvalue weighted by atomic mass is 19.1. The summed E-state index contributed by atoms with van der Waals surface area (Å²) in [5.74, 6) is -1.46. The molecule has 1 saturated heterocycles. The smallest absolute Gasteiger partial charge is 0.269 e. The molecule has 0 bridgehead atoms. The number of carbonyl (C=O) groups excluding carboxylic acids is 2. The van der Waals surface area contributed by atoms with Gasteiger partial charge in [0.05, 0.1) is 7.11 Å². The first-order chi connectivity index (χ1) is 14.1. The van der Waals surface area contributed by atoms with Crippen molar-refractivity contribution in [2.45, 2.75) is 6.42 Å². The minimum Gasteiger partial charge on any atom is -0.494 e. The first-order valence-electron chi connectivity index (χ1n) is 9.52. The summed E-state index contributed by atoms with van der Waals surface area (Å²) in [6.07, 6.45) is 0.266. The third kappa shape index (κ3) is 5.68. The van der Waals surface area contributed by atoms with Gasteiger partial charge in [-0.25, -0.2) is 4.39 Å². The Morgan fingerprint density at radius 3 is 2.41 bits per heavy atom. The predicted molar refractivity (Wildman–Crippen MR) is 108 cm³/mol. The Labute approximate surface area is 169 Å². The van der Waals surface area contributed by atoms with Crippen LogP contribution >= 0.6 is 0 Å². The number of hydrazine groups is 1. The Kier molecular flexibility index (Phi) is 7.02. The number of ether oxygens (including phenoxy) is 1. The second-order valence-electron chi connectivity index (χ2n) is 6.77. The van der Waals surface area contributed by atoms with E-state index >= 15 is 0 Å². The van der Waals surface area contributed by atoms with Crippen molar-refractivity contribution in [1.29, 1.82) is 0 Å². The molecule has 0 saturated carbocycles. The van der Waals surface area contributed by atoms with E-state index < -0.39 is 11.7 Å². The van der Waals surface area contributed by atoms with E-state index in [0.717, 1.165) is 32.2 Å². The molecular weight excluding hydrogens is 375 g/mol. The zero-order chi connectivity index (χ0) is 20.6. The molecule has 0 aliphatic carbocycles. The summed E-state index contributed by atoms with van der Waals surface area (Å²) in [5, 5.41) is 0. The maximum Gasteiger partial charge on any atom is 0.269 e. The van der Waals surface area contributed by atoms with Crippen molar-refractivity contribution in [3.8, 4) is 5.75 Å². The van der Waals surface area contributed by atoms with E-state index in [1.807, 2.05) is 18.2 Å². The van der Waals surface area contributed by atoms with Crippen LogP contribution in [0.3, 0.4) is 0 Å². The highest BCUT2D eigenvalue weighted by Crippen LogP contribution is 2.17. The van der Waals surface area contributed by atoms with E-state index in [4.69, 9.17) is 4.74 Å². The van der Waals surface area contributed by atoms with Gasteiger partial charge < -0.3 is 9.64 Å². The maximum atomic E-state index is 13.7. The number of hydrogen-bond acceptors (Lipinski definition) is 5. The minimum atomic E-state index is -0.638. The van der Waals surface area contributed by atoms with Crippen LogP contribution < -0.4 is 20.5 Å². The lowest BCUT2D eigenvalue weighted by molar-refractivity contribution is -0.122. The van der Waals surface area contributed by atoms with Crippen molar-refractivity contribution in [1.82, 2.24) is 15.8 Å². The quantitative estimate of drug-likeness (QED) is 0.724. The van der Waals surface area contributed by atoms with Crippen LogP contribution in [0.25, 0.3) is 0 Å². The molecule has 1 fully saturated rings. The summed E-state index contributed by atoms with van der Waals surface area (Å²) in [7, 11) is 1.35. The number of piperazine rings is 1. The molecule has 3 rings (SSSR count). The van der Waals surface area contributed by atoms with Crippen LogP contribution in [-0.2, 0) is 4.79 Å². The molecule has 0 aromatic heterocycles. The molecule has 1 heterocycles. The fraction of sp³-hybridized carbons (Fsp3) is 0.333. The number of benzene rings is 2. The topological polar surface area (TPSA) is 73.9 Å². The van der Waals surface area contributed by atoms with Crippen molar-refractivity contribution >= 4 is 17.5 Å². The number of anilines is 1. The minimum absolute atomic E-state index is 0.0537. The molecule has 0 unspecified atom stereocenters. The van der Waals surface area contributed by atoms with Gasteiger partial charge in [0, 0.05) is 50.4 Å². The first kappa shape index (κ1) is 20.6. The third-order valence-electron chi connectivity index (χ3n) is 4.88. The van der Waals surface area contributed by atoms with Crippen LogP contribution in [0.4, 0.5) is 10.1 Å². The Morgan fingerprint density at radius 1 is 1.03 bits per heavy atom. The van der Waals surface area contributed by atoms with Gasteiger partial charge in [0.25, 0.3) is 5.91 Å². The average molecular weight is 400 g/mol. The van der Waals surface area contributed by atoms with Gasteiger partial charge in [-0.05, 0) is 30.3 Å². The van der Waals surface area contributed by atoms with Gasteiger partial charge in [0.2, 0.25) is 5.91 Å². The molecule has 1 aliphatic heterocycles. The monoisotopic (exact) mass is 400 g/mol. The number of halogens is 1. The van der Waals surface area contributed by atoms with Crippen LogP contribution in [-0.4, -0.2) is 56.5 Å². The fourth-order valence-corrected chi connectivity index (χ4v) is 3.20. The fourth-order valence-electron chi connectivity index (χ4n) is 3.20. The number of methoxy groups -OCH3 is 1. The Morgan fingerprint density at radius 2 is 1.76 bits per heavy atom. The van der Waals surface area contributed by atoms with Gasteiger partial charge in [-0.2, -0.15) is 0 Å². The van der Waals surface area contributed by atoms with Gasteiger partial charge in [0.15, 0.2) is 11.6 Å². The molecule has 2 amide bonds. The summed E-state index contributed by atoms with van der Waals surface area (Å²) in [5.41, 5.74) is 5.99. The molecule has 2 aromatic rings. The molecule has 0 radical (unpaired) electrons. The van der Waals surface area contributed by atoms with Crippen molar-refractivity contribution in [2.24, 2.45) is 0 Å². The predicted octanol–water partition coefficient (Wildman–Crippen LogP) is 1.81. The Balaban J connectivity index is 1.37. The van der Waals surface area contributed by atoms with Gasteiger partial charge in [0.1, 0.15) is 0 Å². The SMILES string of the molecule is COc1ccc(C(=O)NNC(=O)CCN2CCN(c3ccccc3)CC2)cc1F. The second kappa shape index (κ2) is 9.88. The van der Waals surface area contributed by atoms with Crippen LogP contribution in [0.15, 0.2) is 48.5 Å². The Hall–Kier alpha value is -3.13. The van der Waals surface area contributed by atoms with Gasteiger partial charge in [-0.1, -0.05) is 18.2 Å². The van der Waals surface area contributed by atoms with E-state index in [2.05, 4.69) is 32.8 Å². The maximum absolute atomic E-state index is 13.7. The highest BCUT2D eigenvalue weighted by Gasteiger charge is 2.18. The lowest BCUT2D eigenvalue weighted by Gasteiger charge is -2.36.